The highest BCUT2D eigenvalue weighted by Crippen LogP contribution is 2.43. The predicted molar refractivity (Wildman–Crippen MR) is 149 cm³/mol. The first kappa shape index (κ1) is 36.7. The SMILES string of the molecule is O=C(O)CC(=O)OC[C@H]1O[C@@H](OC2CC3C(O)CC(O)CC3OC2C2CCC(O)C(O)C2)[C@H](O[C@@H]2OC[C@@H](O)[C@H](O)[C@H]2O)[C@@H](O)[C@H]1O. The van der Waals surface area contributed by atoms with Crippen LogP contribution in [0.15, 0.2) is 0 Å². The van der Waals surface area contributed by atoms with Crippen LogP contribution in [0.25, 0.3) is 0 Å². The summed E-state index contributed by atoms with van der Waals surface area (Å²) in [6.07, 6.45) is -20.5. The third-order valence-electron chi connectivity index (χ3n) is 9.88. The molecule has 47 heavy (non-hydrogen) atoms. The van der Waals surface area contributed by atoms with Crippen LogP contribution in [0.5, 0.6) is 0 Å². The molecule has 9 unspecified atom stereocenters. The van der Waals surface area contributed by atoms with Crippen LogP contribution in [0, 0.1) is 11.8 Å². The standard InChI is InChI=1S/C29H46O18/c30-11-4-14(32)12-6-18(26(44-17(12)5-11)10-1-2-13(31)15(33)3-10)45-29-27(47-28-25(41)22(38)16(34)8-43-28)24(40)23(39)19(46-29)9-42-21(37)7-20(35)36/h10-19,22-34,38-41H,1-9H2,(H,35,36)/t10?,11?,12?,13?,14?,15?,16-,17?,18?,19-,22+,23+,24+,25-,26?,27-,28+,29-/m1/s1. The molecule has 2 saturated carbocycles. The second-order valence-corrected chi connectivity index (χ2v) is 13.2. The third-order valence-corrected chi connectivity index (χ3v) is 9.88. The highest BCUT2D eigenvalue weighted by molar-refractivity contribution is 5.90. The van der Waals surface area contributed by atoms with Crippen LogP contribution in [0.1, 0.15) is 44.9 Å². The number of esters is 1. The van der Waals surface area contributed by atoms with Crippen LogP contribution in [-0.2, 0) is 38.0 Å². The molecule has 0 bridgehead atoms. The number of aliphatic carboxylic acids is 1. The Labute approximate surface area is 269 Å². The molecule has 270 valence electrons. The molecule has 5 aliphatic rings. The number of hydrogen-bond donors (Lipinski definition) is 10. The maximum atomic E-state index is 11.9. The van der Waals surface area contributed by atoms with Gasteiger partial charge >= 0.3 is 11.9 Å². The van der Waals surface area contributed by atoms with Crippen molar-refractivity contribution in [3.05, 3.63) is 0 Å². The van der Waals surface area contributed by atoms with E-state index in [1.54, 1.807) is 0 Å². The zero-order valence-electron chi connectivity index (χ0n) is 25.5. The lowest BCUT2D eigenvalue weighted by Crippen LogP contribution is -2.65. The van der Waals surface area contributed by atoms with E-state index in [2.05, 4.69) is 0 Å². The lowest BCUT2D eigenvalue weighted by atomic mass is 9.72. The lowest BCUT2D eigenvalue weighted by molar-refractivity contribution is -0.371. The molecular formula is C29H46O18. The maximum Gasteiger partial charge on any atom is 0.317 e. The van der Waals surface area contributed by atoms with E-state index in [4.69, 9.17) is 33.5 Å². The molecule has 3 aliphatic heterocycles. The first-order valence-corrected chi connectivity index (χ1v) is 16.0. The average molecular weight is 683 g/mol. The minimum atomic E-state index is -1.85. The summed E-state index contributed by atoms with van der Waals surface area (Å²) < 4.78 is 34.8. The molecule has 3 heterocycles. The van der Waals surface area contributed by atoms with E-state index in [0.29, 0.717) is 6.42 Å². The Balaban J connectivity index is 1.40. The molecule has 18 atom stereocenters. The second-order valence-electron chi connectivity index (χ2n) is 13.2. The summed E-state index contributed by atoms with van der Waals surface area (Å²) in [5.74, 6) is -3.44. The topological polar surface area (TPSA) is 292 Å². The van der Waals surface area contributed by atoms with Gasteiger partial charge in [-0.15, -0.1) is 0 Å². The Morgan fingerprint density at radius 1 is 0.702 bits per heavy atom. The number of carboxylic acids is 1. The van der Waals surface area contributed by atoms with E-state index >= 15 is 0 Å². The fourth-order valence-electron chi connectivity index (χ4n) is 7.28. The van der Waals surface area contributed by atoms with Gasteiger partial charge in [0.25, 0.3) is 0 Å². The molecule has 0 aromatic heterocycles. The average Bonchev–Trinajstić information content (AvgIpc) is 3.01. The van der Waals surface area contributed by atoms with Crippen molar-refractivity contribution in [1.82, 2.24) is 0 Å². The molecule has 0 amide bonds. The van der Waals surface area contributed by atoms with Gasteiger partial charge in [-0.25, -0.2) is 0 Å². The van der Waals surface area contributed by atoms with Crippen molar-refractivity contribution in [3.63, 3.8) is 0 Å². The molecule has 18 nitrogen and oxygen atoms in total. The molecule has 10 N–H and O–H groups in total. The second kappa shape index (κ2) is 15.5. The van der Waals surface area contributed by atoms with E-state index in [1.165, 1.54) is 0 Å². The summed E-state index contributed by atoms with van der Waals surface area (Å²) in [7, 11) is 0. The minimum absolute atomic E-state index is 0.0989. The molecule has 0 aromatic carbocycles. The van der Waals surface area contributed by atoms with Gasteiger partial charge in [0, 0.05) is 5.92 Å². The Morgan fingerprint density at radius 2 is 1.45 bits per heavy atom. The van der Waals surface area contributed by atoms with E-state index in [1.807, 2.05) is 0 Å². The van der Waals surface area contributed by atoms with Crippen molar-refractivity contribution >= 4 is 11.9 Å². The van der Waals surface area contributed by atoms with E-state index < -0.39 is 136 Å². The zero-order valence-corrected chi connectivity index (χ0v) is 25.5. The van der Waals surface area contributed by atoms with Gasteiger partial charge in [0.15, 0.2) is 12.6 Å². The molecule has 0 spiro atoms. The van der Waals surface area contributed by atoms with E-state index in [-0.39, 0.29) is 38.0 Å². The number of hydrogen-bond acceptors (Lipinski definition) is 17. The Bertz CT molecular complexity index is 1060. The molecule has 2 aliphatic carbocycles. The van der Waals surface area contributed by atoms with Crippen molar-refractivity contribution in [2.75, 3.05) is 13.2 Å². The van der Waals surface area contributed by atoms with E-state index in [9.17, 15) is 55.5 Å². The largest absolute Gasteiger partial charge is 0.481 e. The van der Waals surface area contributed by atoms with Gasteiger partial charge in [0.2, 0.25) is 0 Å². The lowest BCUT2D eigenvalue weighted by Gasteiger charge is -2.51. The summed E-state index contributed by atoms with van der Waals surface area (Å²) in [6.45, 7) is -1.13. The highest BCUT2D eigenvalue weighted by Gasteiger charge is 2.54. The van der Waals surface area contributed by atoms with Gasteiger partial charge in [0.1, 0.15) is 55.8 Å². The number of carbonyl (C=O) groups excluding carboxylic acids is 1. The Morgan fingerprint density at radius 3 is 2.15 bits per heavy atom. The van der Waals surface area contributed by atoms with Crippen molar-refractivity contribution in [1.29, 1.82) is 0 Å². The van der Waals surface area contributed by atoms with Gasteiger partial charge < -0.3 is 79.5 Å². The number of carboxylic acid groups (broad SMARTS) is 1. The van der Waals surface area contributed by atoms with Crippen molar-refractivity contribution in [2.45, 2.75) is 143 Å². The van der Waals surface area contributed by atoms with Crippen molar-refractivity contribution in [3.8, 4) is 0 Å². The van der Waals surface area contributed by atoms with Gasteiger partial charge in [-0.05, 0) is 44.4 Å². The monoisotopic (exact) mass is 682 g/mol. The molecule has 5 rings (SSSR count). The molecule has 18 heteroatoms. The summed E-state index contributed by atoms with van der Waals surface area (Å²) in [6, 6.07) is 0. The fraction of sp³-hybridized carbons (Fsp3) is 0.931. The third kappa shape index (κ3) is 8.41. The number of fused-ring (bicyclic) bond motifs is 1. The number of carbonyl (C=O) groups is 2. The number of rotatable bonds is 9. The number of ether oxygens (including phenoxy) is 6. The van der Waals surface area contributed by atoms with E-state index in [0.717, 1.165) is 0 Å². The molecule has 0 radical (unpaired) electrons. The Hall–Kier alpha value is -1.62. The number of aliphatic hydroxyl groups is 9. The van der Waals surface area contributed by atoms with Crippen molar-refractivity contribution < 1.29 is 89.1 Å². The van der Waals surface area contributed by atoms with Crippen LogP contribution < -0.4 is 0 Å². The van der Waals surface area contributed by atoms with Crippen LogP contribution in [0.4, 0.5) is 0 Å². The van der Waals surface area contributed by atoms with Gasteiger partial charge in [-0.3, -0.25) is 9.59 Å². The van der Waals surface area contributed by atoms with Crippen LogP contribution in [-0.4, -0.2) is 174 Å². The first-order chi connectivity index (χ1) is 22.2. The Kier molecular flexibility index (Phi) is 12.1. The molecule has 0 aromatic rings. The van der Waals surface area contributed by atoms with Crippen LogP contribution in [0.2, 0.25) is 0 Å². The predicted octanol–water partition coefficient (Wildman–Crippen LogP) is -4.53. The summed E-state index contributed by atoms with van der Waals surface area (Å²) in [5.41, 5.74) is 0. The summed E-state index contributed by atoms with van der Waals surface area (Å²) in [5, 5.41) is 103. The summed E-state index contributed by atoms with van der Waals surface area (Å²) >= 11 is 0. The highest BCUT2D eigenvalue weighted by atomic mass is 16.8. The molecule has 5 fully saturated rings. The van der Waals surface area contributed by atoms with Gasteiger partial charge in [-0.1, -0.05) is 0 Å². The zero-order chi connectivity index (χ0) is 34.2. The quantitative estimate of drug-likeness (QED) is 0.0809. The summed E-state index contributed by atoms with van der Waals surface area (Å²) in [4.78, 5) is 22.8. The van der Waals surface area contributed by atoms with Crippen molar-refractivity contribution in [2.24, 2.45) is 11.8 Å². The van der Waals surface area contributed by atoms with Gasteiger partial charge in [0.05, 0.1) is 49.3 Å². The smallest absolute Gasteiger partial charge is 0.317 e. The first-order valence-electron chi connectivity index (χ1n) is 16.0. The fourth-order valence-corrected chi connectivity index (χ4v) is 7.28. The molecule has 3 saturated heterocycles. The normalized spacial score (nSPS) is 49.1. The minimum Gasteiger partial charge on any atom is -0.481 e. The number of aliphatic hydroxyl groups excluding tert-OH is 9. The van der Waals surface area contributed by atoms with Gasteiger partial charge in [-0.2, -0.15) is 0 Å². The molecular weight excluding hydrogens is 636 g/mol. The van der Waals surface area contributed by atoms with Crippen LogP contribution >= 0.6 is 0 Å². The maximum absolute atomic E-state index is 11.9. The van der Waals surface area contributed by atoms with Crippen LogP contribution in [0.3, 0.4) is 0 Å².